The lowest BCUT2D eigenvalue weighted by molar-refractivity contribution is -0.123. The van der Waals surface area contributed by atoms with Crippen LogP contribution in [0, 0.1) is 0 Å². The van der Waals surface area contributed by atoms with E-state index >= 15 is 0 Å². The van der Waals surface area contributed by atoms with Crippen molar-refractivity contribution >= 4 is 29.9 Å². The summed E-state index contributed by atoms with van der Waals surface area (Å²) in [6.45, 7) is 1.79. The molecule has 1 aliphatic rings. The molecular formula is C12H16Cl2N2O2. The van der Waals surface area contributed by atoms with Gasteiger partial charge in [0, 0.05) is 12.6 Å². The van der Waals surface area contributed by atoms with E-state index in [1.807, 2.05) is 12.1 Å². The lowest BCUT2D eigenvalue weighted by atomic mass is 10.2. The molecule has 1 amide bonds. The van der Waals surface area contributed by atoms with Crippen LogP contribution in [0.3, 0.4) is 0 Å². The zero-order valence-corrected chi connectivity index (χ0v) is 11.4. The molecule has 0 aliphatic carbocycles. The fourth-order valence-corrected chi connectivity index (χ4v) is 1.94. The van der Waals surface area contributed by atoms with Crippen molar-refractivity contribution in [2.75, 3.05) is 19.7 Å². The summed E-state index contributed by atoms with van der Waals surface area (Å²) >= 11 is 5.91. The second kappa shape index (κ2) is 7.46. The van der Waals surface area contributed by atoms with Gasteiger partial charge >= 0.3 is 0 Å². The Balaban J connectivity index is 0.00000162. The zero-order chi connectivity index (χ0) is 12.1. The Hall–Kier alpha value is -0.970. The third kappa shape index (κ3) is 4.37. The highest BCUT2D eigenvalue weighted by atomic mass is 35.5. The maximum atomic E-state index is 11.6. The molecule has 1 unspecified atom stereocenters. The molecule has 1 fully saturated rings. The van der Waals surface area contributed by atoms with E-state index in [-0.39, 0.29) is 31.0 Å². The van der Waals surface area contributed by atoms with Gasteiger partial charge in [-0.2, -0.15) is 0 Å². The minimum Gasteiger partial charge on any atom is -0.482 e. The number of nitrogens with one attached hydrogen (secondary N) is 2. The molecule has 1 aromatic rings. The number of rotatable bonds is 4. The normalized spacial score (nSPS) is 17.9. The number of carbonyl (C=O) groups is 1. The van der Waals surface area contributed by atoms with Crippen molar-refractivity contribution < 1.29 is 9.53 Å². The van der Waals surface area contributed by atoms with Gasteiger partial charge in [-0.3, -0.25) is 4.79 Å². The summed E-state index contributed by atoms with van der Waals surface area (Å²) in [5.74, 6) is 0.424. The van der Waals surface area contributed by atoms with Crippen LogP contribution in [0.5, 0.6) is 5.75 Å². The topological polar surface area (TPSA) is 50.4 Å². The second-order valence-electron chi connectivity index (χ2n) is 3.98. The van der Waals surface area contributed by atoms with Gasteiger partial charge in [-0.15, -0.1) is 12.4 Å². The van der Waals surface area contributed by atoms with E-state index < -0.39 is 0 Å². The predicted octanol–water partition coefficient (Wildman–Crippen LogP) is 1.62. The summed E-state index contributed by atoms with van der Waals surface area (Å²) in [4.78, 5) is 11.6. The van der Waals surface area contributed by atoms with Crippen LogP contribution in [0.15, 0.2) is 24.3 Å². The fourth-order valence-electron chi connectivity index (χ4n) is 1.75. The highest BCUT2D eigenvalue weighted by Gasteiger charge is 2.16. The van der Waals surface area contributed by atoms with Crippen LogP contribution >= 0.6 is 24.0 Å². The molecule has 1 aliphatic heterocycles. The molecule has 0 saturated carbocycles. The molecule has 0 aromatic heterocycles. The Labute approximate surface area is 117 Å². The number of carbonyl (C=O) groups excluding carboxylic acids is 1. The van der Waals surface area contributed by atoms with E-state index in [1.165, 1.54) is 0 Å². The van der Waals surface area contributed by atoms with E-state index in [1.54, 1.807) is 12.1 Å². The van der Waals surface area contributed by atoms with Gasteiger partial charge in [-0.25, -0.2) is 0 Å². The van der Waals surface area contributed by atoms with Gasteiger partial charge in [0.25, 0.3) is 5.91 Å². The van der Waals surface area contributed by atoms with E-state index in [0.717, 1.165) is 19.5 Å². The molecule has 2 rings (SSSR count). The summed E-state index contributed by atoms with van der Waals surface area (Å²) in [6.07, 6.45) is 0.970. The molecule has 4 nitrogen and oxygen atoms in total. The van der Waals surface area contributed by atoms with Crippen molar-refractivity contribution in [3.8, 4) is 5.75 Å². The number of benzene rings is 1. The van der Waals surface area contributed by atoms with E-state index in [9.17, 15) is 4.79 Å². The van der Waals surface area contributed by atoms with Crippen LogP contribution < -0.4 is 15.4 Å². The monoisotopic (exact) mass is 290 g/mol. The molecule has 1 aromatic carbocycles. The summed E-state index contributed by atoms with van der Waals surface area (Å²) in [7, 11) is 0. The molecule has 2 N–H and O–H groups in total. The summed E-state index contributed by atoms with van der Waals surface area (Å²) in [5, 5.41) is 6.60. The van der Waals surface area contributed by atoms with Crippen LogP contribution in [0.4, 0.5) is 0 Å². The zero-order valence-electron chi connectivity index (χ0n) is 9.82. The van der Waals surface area contributed by atoms with Crippen LogP contribution in [-0.2, 0) is 4.79 Å². The van der Waals surface area contributed by atoms with Crippen LogP contribution in [0.25, 0.3) is 0 Å². The van der Waals surface area contributed by atoms with Crippen molar-refractivity contribution in [3.63, 3.8) is 0 Å². The first-order valence-corrected chi connectivity index (χ1v) is 6.01. The maximum absolute atomic E-state index is 11.6. The molecule has 0 bridgehead atoms. The van der Waals surface area contributed by atoms with Crippen molar-refractivity contribution in [1.82, 2.24) is 10.6 Å². The third-order valence-electron chi connectivity index (χ3n) is 2.62. The average molecular weight is 291 g/mol. The van der Waals surface area contributed by atoms with Gasteiger partial charge < -0.3 is 15.4 Å². The quantitative estimate of drug-likeness (QED) is 0.886. The summed E-state index contributed by atoms with van der Waals surface area (Å²) in [6, 6.07) is 7.33. The van der Waals surface area contributed by atoms with Gasteiger partial charge in [0.15, 0.2) is 6.61 Å². The highest BCUT2D eigenvalue weighted by molar-refractivity contribution is 6.32. The number of ether oxygens (including phenoxy) is 1. The molecule has 1 saturated heterocycles. The van der Waals surface area contributed by atoms with E-state index in [2.05, 4.69) is 10.6 Å². The molecule has 100 valence electrons. The van der Waals surface area contributed by atoms with Crippen molar-refractivity contribution in [2.24, 2.45) is 0 Å². The first-order chi connectivity index (χ1) is 8.25. The first-order valence-electron chi connectivity index (χ1n) is 5.63. The molecule has 18 heavy (non-hydrogen) atoms. The standard InChI is InChI=1S/C12H15ClN2O2.ClH/c13-10-3-1-2-4-11(10)17-8-12(16)15-9-5-6-14-7-9;/h1-4,9,14H,5-8H2,(H,15,16);1H. The number of amides is 1. The number of para-hydroxylation sites is 1. The minimum atomic E-state index is -0.112. The fraction of sp³-hybridized carbons (Fsp3) is 0.417. The number of halogens is 2. The van der Waals surface area contributed by atoms with Gasteiger partial charge in [0.1, 0.15) is 5.75 Å². The minimum absolute atomic E-state index is 0. The third-order valence-corrected chi connectivity index (χ3v) is 2.93. The average Bonchev–Trinajstić information content (AvgIpc) is 2.81. The van der Waals surface area contributed by atoms with Gasteiger partial charge in [0.05, 0.1) is 5.02 Å². The molecule has 1 atom stereocenters. The Kier molecular flexibility index (Phi) is 6.25. The lowest BCUT2D eigenvalue weighted by Gasteiger charge is -2.12. The Bertz CT molecular complexity index is 395. The summed E-state index contributed by atoms with van der Waals surface area (Å²) in [5.41, 5.74) is 0. The molecular weight excluding hydrogens is 275 g/mol. The predicted molar refractivity (Wildman–Crippen MR) is 73.6 cm³/mol. The smallest absolute Gasteiger partial charge is 0.258 e. The van der Waals surface area contributed by atoms with Crippen LogP contribution in [0.1, 0.15) is 6.42 Å². The molecule has 6 heteroatoms. The molecule has 0 spiro atoms. The van der Waals surface area contributed by atoms with E-state index in [0.29, 0.717) is 10.8 Å². The number of hydrogen-bond donors (Lipinski definition) is 2. The van der Waals surface area contributed by atoms with Crippen LogP contribution in [-0.4, -0.2) is 31.6 Å². The molecule has 1 heterocycles. The second-order valence-corrected chi connectivity index (χ2v) is 4.38. The Morgan fingerprint density at radius 2 is 2.28 bits per heavy atom. The van der Waals surface area contributed by atoms with Crippen molar-refractivity contribution in [2.45, 2.75) is 12.5 Å². The van der Waals surface area contributed by atoms with Crippen molar-refractivity contribution in [1.29, 1.82) is 0 Å². The highest BCUT2D eigenvalue weighted by Crippen LogP contribution is 2.22. The van der Waals surface area contributed by atoms with Gasteiger partial charge in [0.2, 0.25) is 0 Å². The van der Waals surface area contributed by atoms with Crippen LogP contribution in [0.2, 0.25) is 5.02 Å². The Morgan fingerprint density at radius 3 is 2.94 bits per heavy atom. The maximum Gasteiger partial charge on any atom is 0.258 e. The first kappa shape index (κ1) is 15.1. The van der Waals surface area contributed by atoms with Gasteiger partial charge in [-0.05, 0) is 25.1 Å². The van der Waals surface area contributed by atoms with E-state index in [4.69, 9.17) is 16.3 Å². The summed E-state index contributed by atoms with van der Waals surface area (Å²) < 4.78 is 5.34. The van der Waals surface area contributed by atoms with Crippen molar-refractivity contribution in [3.05, 3.63) is 29.3 Å². The molecule has 0 radical (unpaired) electrons. The largest absolute Gasteiger partial charge is 0.482 e. The lowest BCUT2D eigenvalue weighted by Crippen LogP contribution is -2.39. The Morgan fingerprint density at radius 1 is 1.50 bits per heavy atom. The SMILES string of the molecule is Cl.O=C(COc1ccccc1Cl)NC1CCNC1. The number of hydrogen-bond acceptors (Lipinski definition) is 3. The van der Waals surface area contributed by atoms with Gasteiger partial charge in [-0.1, -0.05) is 23.7 Å².